The minimum atomic E-state index is 0.0635. The van der Waals surface area contributed by atoms with Gasteiger partial charge < -0.3 is 15.0 Å². The highest BCUT2D eigenvalue weighted by atomic mass is 16.5. The smallest absolute Gasteiger partial charge is 0.145 e. The van der Waals surface area contributed by atoms with Crippen molar-refractivity contribution >= 4 is 33.4 Å². The van der Waals surface area contributed by atoms with E-state index in [9.17, 15) is 0 Å². The summed E-state index contributed by atoms with van der Waals surface area (Å²) in [5.41, 5.74) is 2.56. The maximum absolute atomic E-state index is 5.93. The van der Waals surface area contributed by atoms with E-state index in [1.54, 1.807) is 6.20 Å². The van der Waals surface area contributed by atoms with Crippen LogP contribution in [0.4, 0.5) is 11.5 Å². The fourth-order valence-electron chi connectivity index (χ4n) is 2.52. The van der Waals surface area contributed by atoms with Crippen molar-refractivity contribution in [2.45, 2.75) is 20.0 Å². The van der Waals surface area contributed by atoms with Crippen LogP contribution in [0.5, 0.6) is 5.75 Å². The zero-order valence-electron chi connectivity index (χ0n) is 12.8. The number of nitrogens with one attached hydrogen (secondary N) is 3. The predicted octanol–water partition coefficient (Wildman–Crippen LogP) is 3.37. The van der Waals surface area contributed by atoms with Gasteiger partial charge in [0.05, 0.1) is 28.9 Å². The Hall–Kier alpha value is -3.09. The van der Waals surface area contributed by atoms with Crippen LogP contribution in [0, 0.1) is 0 Å². The van der Waals surface area contributed by atoms with Gasteiger partial charge in [0.2, 0.25) is 0 Å². The Morgan fingerprint density at radius 1 is 1.22 bits per heavy atom. The molecular formula is C16H16N6O. The summed E-state index contributed by atoms with van der Waals surface area (Å²) in [6.45, 7) is 3.99. The monoisotopic (exact) mass is 308 g/mol. The third kappa shape index (κ3) is 2.46. The van der Waals surface area contributed by atoms with E-state index in [1.807, 2.05) is 38.2 Å². The van der Waals surface area contributed by atoms with Crippen molar-refractivity contribution in [1.82, 2.24) is 25.1 Å². The highest BCUT2D eigenvalue weighted by molar-refractivity contribution is 5.92. The van der Waals surface area contributed by atoms with Crippen LogP contribution >= 0.6 is 0 Å². The molecule has 0 fully saturated rings. The van der Waals surface area contributed by atoms with Crippen molar-refractivity contribution in [1.29, 1.82) is 0 Å². The summed E-state index contributed by atoms with van der Waals surface area (Å²) >= 11 is 0. The second-order valence-electron chi connectivity index (χ2n) is 5.56. The maximum atomic E-state index is 5.93. The standard InChI is InChI=1S/C16H16N6O/c1-9(2)23-14-6-12-10(7-20-22-12)5-13(14)21-16-11-3-4-17-15(11)18-8-19-16/h3-9H,1-2H3,(H,20,22)(H2,17,18,19,21). The van der Waals surface area contributed by atoms with Crippen LogP contribution < -0.4 is 10.1 Å². The molecule has 7 heteroatoms. The molecule has 7 nitrogen and oxygen atoms in total. The molecule has 0 aliphatic carbocycles. The van der Waals surface area contributed by atoms with Gasteiger partial charge in [-0.3, -0.25) is 5.10 Å². The van der Waals surface area contributed by atoms with Crippen molar-refractivity contribution in [3.05, 3.63) is 36.9 Å². The molecule has 0 amide bonds. The third-order valence-electron chi connectivity index (χ3n) is 3.51. The molecule has 1 aromatic carbocycles. The normalized spacial score (nSPS) is 11.4. The van der Waals surface area contributed by atoms with E-state index in [1.165, 1.54) is 6.33 Å². The lowest BCUT2D eigenvalue weighted by atomic mass is 10.2. The molecule has 0 aliphatic heterocycles. The number of H-pyrrole nitrogens is 2. The molecule has 116 valence electrons. The molecule has 0 spiro atoms. The lowest BCUT2D eigenvalue weighted by Crippen LogP contribution is -2.07. The van der Waals surface area contributed by atoms with E-state index < -0.39 is 0 Å². The van der Waals surface area contributed by atoms with Gasteiger partial charge in [0.15, 0.2) is 0 Å². The Morgan fingerprint density at radius 3 is 3.00 bits per heavy atom. The molecule has 0 saturated carbocycles. The van der Waals surface area contributed by atoms with Gasteiger partial charge in [0, 0.05) is 17.6 Å². The second-order valence-corrected chi connectivity index (χ2v) is 5.56. The maximum Gasteiger partial charge on any atom is 0.145 e. The number of benzene rings is 1. The number of rotatable bonds is 4. The Kier molecular flexibility index (Phi) is 3.11. The molecule has 3 heterocycles. The summed E-state index contributed by atoms with van der Waals surface area (Å²) in [4.78, 5) is 11.6. The van der Waals surface area contributed by atoms with Crippen molar-refractivity contribution in [3.8, 4) is 5.75 Å². The van der Waals surface area contributed by atoms with E-state index in [2.05, 4.69) is 30.5 Å². The lowest BCUT2D eigenvalue weighted by molar-refractivity contribution is 0.244. The van der Waals surface area contributed by atoms with Crippen LogP contribution in [0.1, 0.15) is 13.8 Å². The molecule has 0 unspecified atom stereocenters. The minimum absolute atomic E-state index is 0.0635. The van der Waals surface area contributed by atoms with Crippen LogP contribution in [0.15, 0.2) is 36.9 Å². The first-order valence-electron chi connectivity index (χ1n) is 7.39. The largest absolute Gasteiger partial charge is 0.489 e. The molecular weight excluding hydrogens is 292 g/mol. The molecule has 3 aromatic heterocycles. The second kappa shape index (κ2) is 5.28. The van der Waals surface area contributed by atoms with Crippen molar-refractivity contribution in [2.24, 2.45) is 0 Å². The Labute approximate surface area is 132 Å². The number of hydrogen-bond donors (Lipinski definition) is 3. The number of fused-ring (bicyclic) bond motifs is 2. The van der Waals surface area contributed by atoms with Gasteiger partial charge in [-0.15, -0.1) is 0 Å². The molecule has 4 aromatic rings. The van der Waals surface area contributed by atoms with Gasteiger partial charge >= 0.3 is 0 Å². The van der Waals surface area contributed by atoms with Gasteiger partial charge in [0.1, 0.15) is 23.5 Å². The SMILES string of the molecule is CC(C)Oc1cc2[nH]ncc2cc1Nc1ncnc2[nH]ccc12. The van der Waals surface area contributed by atoms with E-state index in [0.29, 0.717) is 0 Å². The molecule has 0 atom stereocenters. The highest BCUT2D eigenvalue weighted by Crippen LogP contribution is 2.33. The van der Waals surface area contributed by atoms with Gasteiger partial charge in [-0.05, 0) is 26.0 Å². The number of nitrogens with zero attached hydrogens (tertiary/aromatic N) is 3. The summed E-state index contributed by atoms with van der Waals surface area (Å²) < 4.78 is 5.93. The van der Waals surface area contributed by atoms with Gasteiger partial charge in [0.25, 0.3) is 0 Å². The first-order valence-corrected chi connectivity index (χ1v) is 7.39. The van der Waals surface area contributed by atoms with E-state index in [-0.39, 0.29) is 6.10 Å². The molecule has 0 radical (unpaired) electrons. The van der Waals surface area contributed by atoms with Gasteiger partial charge in [-0.25, -0.2) is 9.97 Å². The average molecular weight is 308 g/mol. The van der Waals surface area contributed by atoms with E-state index >= 15 is 0 Å². The van der Waals surface area contributed by atoms with E-state index in [4.69, 9.17) is 4.74 Å². The van der Waals surface area contributed by atoms with Crippen LogP contribution in [-0.2, 0) is 0 Å². The highest BCUT2D eigenvalue weighted by Gasteiger charge is 2.12. The zero-order valence-corrected chi connectivity index (χ0v) is 12.8. The first kappa shape index (κ1) is 13.6. The molecule has 4 rings (SSSR count). The van der Waals surface area contributed by atoms with Crippen LogP contribution in [0.25, 0.3) is 21.9 Å². The van der Waals surface area contributed by atoms with E-state index in [0.717, 1.165) is 39.2 Å². The van der Waals surface area contributed by atoms with Crippen molar-refractivity contribution in [2.75, 3.05) is 5.32 Å². The molecule has 0 aliphatic rings. The fraction of sp³-hybridized carbons (Fsp3) is 0.188. The topological polar surface area (TPSA) is 91.5 Å². The Bertz CT molecular complexity index is 971. The summed E-state index contributed by atoms with van der Waals surface area (Å²) in [5.74, 6) is 1.48. The summed E-state index contributed by atoms with van der Waals surface area (Å²) in [6.07, 6.45) is 5.22. The fourth-order valence-corrected chi connectivity index (χ4v) is 2.52. The van der Waals surface area contributed by atoms with Gasteiger partial charge in [-0.2, -0.15) is 5.10 Å². The van der Waals surface area contributed by atoms with Crippen LogP contribution in [0.2, 0.25) is 0 Å². The number of hydrogen-bond acceptors (Lipinski definition) is 5. The molecule has 3 N–H and O–H groups in total. The number of ether oxygens (including phenoxy) is 1. The Morgan fingerprint density at radius 2 is 2.13 bits per heavy atom. The molecule has 23 heavy (non-hydrogen) atoms. The average Bonchev–Trinajstić information content (AvgIpc) is 3.15. The number of anilines is 2. The predicted molar refractivity (Wildman–Crippen MR) is 89.0 cm³/mol. The summed E-state index contributed by atoms with van der Waals surface area (Å²) in [5, 5.41) is 12.3. The molecule has 0 bridgehead atoms. The summed E-state index contributed by atoms with van der Waals surface area (Å²) in [6, 6.07) is 5.88. The van der Waals surface area contributed by atoms with Crippen LogP contribution in [0.3, 0.4) is 0 Å². The third-order valence-corrected chi connectivity index (χ3v) is 3.51. The van der Waals surface area contributed by atoms with Crippen LogP contribution in [-0.4, -0.2) is 31.3 Å². The van der Waals surface area contributed by atoms with Crippen molar-refractivity contribution in [3.63, 3.8) is 0 Å². The summed E-state index contributed by atoms with van der Waals surface area (Å²) in [7, 11) is 0. The van der Waals surface area contributed by atoms with Gasteiger partial charge in [-0.1, -0.05) is 0 Å². The van der Waals surface area contributed by atoms with Crippen molar-refractivity contribution < 1.29 is 4.74 Å². The first-order chi connectivity index (χ1) is 11.2. The number of aromatic nitrogens is 5. The minimum Gasteiger partial charge on any atom is -0.489 e. The molecule has 0 saturated heterocycles. The number of aromatic amines is 2. The lowest BCUT2D eigenvalue weighted by Gasteiger charge is -2.15. The zero-order chi connectivity index (χ0) is 15.8. The Balaban J connectivity index is 1.81. The quantitative estimate of drug-likeness (QED) is 0.537.